The van der Waals surface area contributed by atoms with Crippen LogP contribution in [0.1, 0.15) is 92.2 Å². The minimum atomic E-state index is -1.84. The van der Waals surface area contributed by atoms with Gasteiger partial charge in [-0.2, -0.15) is 12.6 Å². The number of aromatic amines is 1. The second-order valence-electron chi connectivity index (χ2n) is 17.6. The number of aldehydes is 1. The van der Waals surface area contributed by atoms with Crippen LogP contribution < -0.4 is 48.3 Å². The Morgan fingerprint density at radius 3 is 1.90 bits per heavy atom. The summed E-state index contributed by atoms with van der Waals surface area (Å²) in [7, 11) is 0. The van der Waals surface area contributed by atoms with Crippen LogP contribution in [0.2, 0.25) is 0 Å². The van der Waals surface area contributed by atoms with Crippen molar-refractivity contribution in [1.82, 2.24) is 57.4 Å². The Labute approximate surface area is 410 Å². The molecule has 1 aliphatic heterocycles. The van der Waals surface area contributed by atoms with Gasteiger partial charge >= 0.3 is 5.97 Å². The molecule has 27 heteroatoms. The minimum absolute atomic E-state index is 0.00202. The number of nitrogens with two attached hydrogens (primary N) is 1. The summed E-state index contributed by atoms with van der Waals surface area (Å²) in [5.74, 6) is -10.7. The number of aliphatic hydroxyl groups is 1. The third-order valence-electron chi connectivity index (χ3n) is 10.9. The Balaban J connectivity index is 2.34. The van der Waals surface area contributed by atoms with Crippen molar-refractivity contribution in [1.29, 1.82) is 0 Å². The van der Waals surface area contributed by atoms with Crippen LogP contribution in [0.15, 0.2) is 12.5 Å². The maximum atomic E-state index is 13.9. The Morgan fingerprint density at radius 1 is 0.800 bits per heavy atom. The summed E-state index contributed by atoms with van der Waals surface area (Å²) in [5, 5.41) is 39.8. The van der Waals surface area contributed by atoms with E-state index in [1.165, 1.54) is 24.3 Å². The van der Waals surface area contributed by atoms with E-state index in [1.807, 2.05) is 0 Å². The Kier molecular flexibility index (Phi) is 25.0. The van der Waals surface area contributed by atoms with Crippen molar-refractivity contribution in [3.63, 3.8) is 0 Å². The number of H-pyrrole nitrogens is 1. The molecule has 1 saturated heterocycles. The summed E-state index contributed by atoms with van der Waals surface area (Å²) >= 11 is 3.97. The third-order valence-corrected chi connectivity index (χ3v) is 11.3. The molecule has 1 aromatic rings. The molecule has 0 aromatic carbocycles. The number of carbonyl (C=O) groups is 12. The van der Waals surface area contributed by atoms with Gasteiger partial charge in [-0.15, -0.1) is 0 Å². The second kappa shape index (κ2) is 29.4. The van der Waals surface area contributed by atoms with E-state index >= 15 is 0 Å². The topological polar surface area (TPSA) is 399 Å². The minimum Gasteiger partial charge on any atom is -0.481 e. The largest absolute Gasteiger partial charge is 0.481 e. The predicted molar refractivity (Wildman–Crippen MR) is 250 cm³/mol. The normalized spacial score (nSPS) is 16.7. The van der Waals surface area contributed by atoms with Crippen LogP contribution in [0.4, 0.5) is 0 Å². The smallest absolute Gasteiger partial charge is 0.303 e. The van der Waals surface area contributed by atoms with E-state index in [2.05, 4.69) is 65.1 Å². The molecule has 9 atom stereocenters. The number of carbonyl (C=O) groups excluding carboxylic acids is 11. The number of imidazole rings is 1. The Morgan fingerprint density at radius 2 is 1.37 bits per heavy atom. The molecule has 0 radical (unpaired) electrons. The van der Waals surface area contributed by atoms with E-state index in [9.17, 15) is 67.7 Å². The SMILES string of the molecule is CC(=O)N1CCC[C@H]1C(=O)N[C@H](C(=O)N[C@@H](CCC(N)=O)C(=O)N[C@@H](CCC(=O)O)C(=O)N[C@H](C(=O)N[C@@H](CC(C)C)C(=O)N[C@@H](Cc1cnc[nH]1)C(=O)NCC(=O)N[C@H](C=O)CS)[C@@H](C)O)C(C)C. The van der Waals surface area contributed by atoms with Crippen molar-refractivity contribution in [2.75, 3.05) is 18.8 Å². The predicted octanol–water partition coefficient (Wildman–Crippen LogP) is -4.19. The molecule has 1 aliphatic rings. The van der Waals surface area contributed by atoms with Gasteiger partial charge in [-0.25, -0.2) is 4.98 Å². The zero-order chi connectivity index (χ0) is 52.8. The monoisotopic (exact) mass is 1010 g/mol. The number of hydrogen-bond acceptors (Lipinski definition) is 15. The van der Waals surface area contributed by atoms with Gasteiger partial charge in [-0.05, 0) is 50.9 Å². The second-order valence-corrected chi connectivity index (χ2v) is 18.0. The highest BCUT2D eigenvalue weighted by molar-refractivity contribution is 7.80. The van der Waals surface area contributed by atoms with E-state index in [0.717, 1.165) is 6.92 Å². The van der Waals surface area contributed by atoms with E-state index in [4.69, 9.17) is 5.73 Å². The van der Waals surface area contributed by atoms with Gasteiger partial charge in [0.1, 0.15) is 48.6 Å². The van der Waals surface area contributed by atoms with Crippen molar-refractivity contribution >= 4 is 84.0 Å². The van der Waals surface area contributed by atoms with Crippen LogP contribution in [0.25, 0.3) is 0 Å². The first-order valence-corrected chi connectivity index (χ1v) is 23.4. The molecule has 0 unspecified atom stereocenters. The Bertz CT molecular complexity index is 2020. The quantitative estimate of drug-likeness (QED) is 0.0257. The molecular weight excluding hydrogens is 941 g/mol. The highest BCUT2D eigenvalue weighted by Crippen LogP contribution is 2.18. The molecule has 390 valence electrons. The van der Waals surface area contributed by atoms with E-state index in [-0.39, 0.29) is 30.4 Å². The zero-order valence-electron chi connectivity index (χ0n) is 40.1. The molecular formula is C43H68N12O14S. The number of nitrogens with zero attached hydrogens (tertiary/aromatic N) is 2. The lowest BCUT2D eigenvalue weighted by Gasteiger charge is -2.29. The van der Waals surface area contributed by atoms with Crippen LogP contribution >= 0.6 is 12.6 Å². The van der Waals surface area contributed by atoms with Gasteiger partial charge in [0, 0.05) is 50.4 Å². The van der Waals surface area contributed by atoms with E-state index in [1.54, 1.807) is 27.7 Å². The summed E-state index contributed by atoms with van der Waals surface area (Å²) in [6, 6.07) is -10.9. The lowest BCUT2D eigenvalue weighted by Crippen LogP contribution is -2.62. The number of amides is 10. The van der Waals surface area contributed by atoms with Crippen LogP contribution in [0.3, 0.4) is 0 Å². The molecule has 2 heterocycles. The summed E-state index contributed by atoms with van der Waals surface area (Å²) < 4.78 is 0. The number of aliphatic hydroxyl groups excluding tert-OH is 1. The molecule has 2 rings (SSSR count). The van der Waals surface area contributed by atoms with Gasteiger partial charge in [0.15, 0.2) is 0 Å². The molecule has 70 heavy (non-hydrogen) atoms. The van der Waals surface area contributed by atoms with Crippen LogP contribution in [0.5, 0.6) is 0 Å². The van der Waals surface area contributed by atoms with Gasteiger partial charge in [-0.3, -0.25) is 52.7 Å². The number of carboxylic acid groups (broad SMARTS) is 1. The number of primary amides is 1. The molecule has 13 N–H and O–H groups in total. The molecule has 26 nitrogen and oxygen atoms in total. The molecule has 1 aromatic heterocycles. The lowest BCUT2D eigenvalue weighted by atomic mass is 10.0. The molecule has 10 amide bonds. The first-order chi connectivity index (χ1) is 32.9. The number of carboxylic acids is 1. The number of hydrogen-bond donors (Lipinski definition) is 13. The molecule has 0 bridgehead atoms. The summed E-state index contributed by atoms with van der Waals surface area (Å²) in [4.78, 5) is 163. The van der Waals surface area contributed by atoms with Crippen LogP contribution in [0, 0.1) is 11.8 Å². The number of aromatic nitrogens is 2. The molecule has 0 aliphatic carbocycles. The average Bonchev–Trinajstić information content (AvgIpc) is 4.00. The summed E-state index contributed by atoms with van der Waals surface area (Å²) in [5.41, 5.74) is 5.75. The fourth-order valence-corrected chi connectivity index (χ4v) is 7.40. The van der Waals surface area contributed by atoms with Crippen molar-refractivity contribution in [2.45, 2.75) is 147 Å². The first-order valence-electron chi connectivity index (χ1n) is 22.8. The summed E-state index contributed by atoms with van der Waals surface area (Å²) in [6.45, 7) is 8.88. The molecule has 0 spiro atoms. The standard InChI is InChI=1S/C43H68N12O14S/c1-21(2)14-29(40(66)51-30(15-25-16-45-20-47-25)37(63)46-17-33(60)48-26(18-56)19-70)52-43(69)36(23(5)57)54-39(65)28(10-12-34(61)62)49-38(64)27(9-11-32(44)59)50-42(68)35(22(3)4)53-41(67)31-8-7-13-55(31)24(6)58/h16,18,20-23,26-31,35-36,57,70H,7-15,17,19H2,1-6H3,(H2,44,59)(H,45,47)(H,46,63)(H,48,60)(H,49,64)(H,50,68)(H,51,66)(H,52,69)(H,53,67)(H,54,65)(H,61,62)/t23-,26-,27+,28+,29+,30+,31+,35+,36+/m1/s1. The maximum Gasteiger partial charge on any atom is 0.303 e. The number of thiol groups is 1. The zero-order valence-corrected chi connectivity index (χ0v) is 41.0. The number of aliphatic carboxylic acids is 1. The van der Waals surface area contributed by atoms with Gasteiger partial charge in [0.05, 0.1) is 25.0 Å². The fraction of sp³-hybridized carbons (Fsp3) is 0.651. The molecule has 0 saturated carbocycles. The fourth-order valence-electron chi connectivity index (χ4n) is 7.22. The van der Waals surface area contributed by atoms with Gasteiger partial charge in [0.2, 0.25) is 59.1 Å². The van der Waals surface area contributed by atoms with Crippen molar-refractivity contribution in [2.24, 2.45) is 17.6 Å². The van der Waals surface area contributed by atoms with Crippen molar-refractivity contribution in [3.8, 4) is 0 Å². The van der Waals surface area contributed by atoms with E-state index in [0.29, 0.717) is 31.4 Å². The highest BCUT2D eigenvalue weighted by Gasteiger charge is 2.38. The van der Waals surface area contributed by atoms with Crippen LogP contribution in [-0.4, -0.2) is 170 Å². The number of rotatable bonds is 30. The maximum absolute atomic E-state index is 13.9. The third kappa shape index (κ3) is 20.1. The lowest BCUT2D eigenvalue weighted by molar-refractivity contribution is -0.140. The van der Waals surface area contributed by atoms with Gasteiger partial charge in [-0.1, -0.05) is 27.7 Å². The Hall–Kier alpha value is -6.64. The van der Waals surface area contributed by atoms with Gasteiger partial charge in [0.25, 0.3) is 0 Å². The van der Waals surface area contributed by atoms with Crippen molar-refractivity contribution < 1.29 is 67.7 Å². The highest BCUT2D eigenvalue weighted by atomic mass is 32.1. The number of likely N-dealkylation sites (tertiary alicyclic amines) is 1. The van der Waals surface area contributed by atoms with Crippen molar-refractivity contribution in [3.05, 3.63) is 18.2 Å². The number of nitrogens with one attached hydrogen (secondary N) is 9. The summed E-state index contributed by atoms with van der Waals surface area (Å²) in [6.07, 6.45) is 0.0947. The average molecular weight is 1010 g/mol. The molecule has 1 fully saturated rings. The van der Waals surface area contributed by atoms with Crippen LogP contribution in [-0.2, 0) is 64.0 Å². The first kappa shape index (κ1) is 59.5. The van der Waals surface area contributed by atoms with Gasteiger partial charge < -0.3 is 73.2 Å². The van der Waals surface area contributed by atoms with E-state index < -0.39 is 152 Å².